The summed E-state index contributed by atoms with van der Waals surface area (Å²) in [7, 11) is 1.48. The van der Waals surface area contributed by atoms with Crippen LogP contribution < -0.4 is 4.74 Å². The highest BCUT2D eigenvalue weighted by Crippen LogP contribution is 2.24. The number of aliphatic hydroxyl groups excluding tert-OH is 1. The molecule has 0 aromatic carbocycles. The number of H-pyrrole nitrogens is 1. The highest BCUT2D eigenvalue weighted by atomic mass is 16.5. The molecule has 0 aliphatic rings. The zero-order chi connectivity index (χ0) is 10.7. The largest absolute Gasteiger partial charge is 0.480 e. The van der Waals surface area contributed by atoms with Crippen molar-refractivity contribution in [2.45, 2.75) is 6.10 Å². The predicted molar refractivity (Wildman–Crippen MR) is 51.2 cm³/mol. The summed E-state index contributed by atoms with van der Waals surface area (Å²) in [5, 5.41) is 16.3. The Bertz CT molecular complexity index is 429. The average molecular weight is 206 g/mol. The lowest BCUT2D eigenvalue weighted by atomic mass is 10.1. The van der Waals surface area contributed by atoms with Gasteiger partial charge in [0.15, 0.2) is 0 Å². The first-order chi connectivity index (χ1) is 7.33. The Labute approximate surface area is 86.0 Å². The van der Waals surface area contributed by atoms with Crippen LogP contribution in [0.15, 0.2) is 24.8 Å². The number of nitrogens with one attached hydrogen (secondary N) is 1. The Morgan fingerprint density at radius 2 is 2.20 bits per heavy atom. The van der Waals surface area contributed by atoms with Gasteiger partial charge >= 0.3 is 0 Å². The molecule has 2 aromatic heterocycles. The molecule has 78 valence electrons. The third kappa shape index (κ3) is 1.79. The van der Waals surface area contributed by atoms with Gasteiger partial charge in [0, 0.05) is 24.2 Å². The normalized spacial score (nSPS) is 12.4. The van der Waals surface area contributed by atoms with Gasteiger partial charge in [-0.3, -0.25) is 10.1 Å². The molecule has 1 unspecified atom stereocenters. The molecule has 0 aliphatic heterocycles. The topological polar surface area (TPSA) is 83.9 Å². The summed E-state index contributed by atoms with van der Waals surface area (Å²) in [6.07, 6.45) is 5.25. The van der Waals surface area contributed by atoms with Crippen molar-refractivity contribution in [1.29, 1.82) is 0 Å². The van der Waals surface area contributed by atoms with Gasteiger partial charge in [0.25, 0.3) is 0 Å². The van der Waals surface area contributed by atoms with E-state index in [1.807, 2.05) is 0 Å². The van der Waals surface area contributed by atoms with E-state index in [1.165, 1.54) is 25.7 Å². The maximum Gasteiger partial charge on any atom is 0.238 e. The molecule has 0 bridgehead atoms. The Hall–Kier alpha value is -1.95. The van der Waals surface area contributed by atoms with Crippen molar-refractivity contribution in [3.8, 4) is 5.88 Å². The molecular formula is C9H10N4O2. The van der Waals surface area contributed by atoms with Crippen molar-refractivity contribution in [2.24, 2.45) is 0 Å². The SMILES string of the molecule is COc1nccnc1C(O)c1cn[nH]c1. The Balaban J connectivity index is 2.37. The van der Waals surface area contributed by atoms with Gasteiger partial charge < -0.3 is 9.84 Å². The van der Waals surface area contributed by atoms with Gasteiger partial charge in [-0.05, 0) is 0 Å². The van der Waals surface area contributed by atoms with E-state index in [0.717, 1.165) is 0 Å². The number of hydrogen-bond donors (Lipinski definition) is 2. The highest BCUT2D eigenvalue weighted by Gasteiger charge is 2.18. The van der Waals surface area contributed by atoms with E-state index in [4.69, 9.17) is 4.74 Å². The van der Waals surface area contributed by atoms with Gasteiger partial charge in [-0.15, -0.1) is 0 Å². The van der Waals surface area contributed by atoms with Crippen LogP contribution in [0.5, 0.6) is 5.88 Å². The molecule has 15 heavy (non-hydrogen) atoms. The third-order valence-electron chi connectivity index (χ3n) is 1.98. The van der Waals surface area contributed by atoms with Gasteiger partial charge in [0.05, 0.1) is 13.3 Å². The Morgan fingerprint density at radius 1 is 1.40 bits per heavy atom. The van der Waals surface area contributed by atoms with E-state index < -0.39 is 6.10 Å². The molecule has 0 saturated carbocycles. The molecule has 0 amide bonds. The molecule has 2 rings (SSSR count). The maximum absolute atomic E-state index is 9.95. The predicted octanol–water partition coefficient (Wildman–Crippen LogP) is 0.290. The van der Waals surface area contributed by atoms with Crippen LogP contribution in [0.1, 0.15) is 17.4 Å². The van der Waals surface area contributed by atoms with E-state index in [2.05, 4.69) is 20.2 Å². The van der Waals surface area contributed by atoms with Gasteiger partial charge in [0.1, 0.15) is 11.8 Å². The van der Waals surface area contributed by atoms with Crippen LogP contribution in [-0.2, 0) is 0 Å². The summed E-state index contributed by atoms with van der Waals surface area (Å²) in [5.41, 5.74) is 0.996. The van der Waals surface area contributed by atoms with Crippen LogP contribution >= 0.6 is 0 Å². The van der Waals surface area contributed by atoms with Crippen molar-refractivity contribution in [1.82, 2.24) is 20.2 Å². The van der Waals surface area contributed by atoms with Crippen molar-refractivity contribution >= 4 is 0 Å². The van der Waals surface area contributed by atoms with Crippen LogP contribution in [0.3, 0.4) is 0 Å². The van der Waals surface area contributed by atoms with E-state index in [0.29, 0.717) is 17.1 Å². The van der Waals surface area contributed by atoms with E-state index in [1.54, 1.807) is 6.20 Å². The monoisotopic (exact) mass is 206 g/mol. The van der Waals surface area contributed by atoms with Gasteiger partial charge in [-0.2, -0.15) is 5.10 Å². The second kappa shape index (κ2) is 4.05. The van der Waals surface area contributed by atoms with Crippen molar-refractivity contribution in [3.05, 3.63) is 36.0 Å². The van der Waals surface area contributed by atoms with Crippen LogP contribution in [-0.4, -0.2) is 32.4 Å². The minimum absolute atomic E-state index is 0.311. The molecule has 0 radical (unpaired) electrons. The molecule has 2 N–H and O–H groups in total. The highest BCUT2D eigenvalue weighted by molar-refractivity contribution is 5.27. The smallest absolute Gasteiger partial charge is 0.238 e. The van der Waals surface area contributed by atoms with Gasteiger partial charge in [0.2, 0.25) is 5.88 Å². The number of aromatic amines is 1. The summed E-state index contributed by atoms with van der Waals surface area (Å²) >= 11 is 0. The third-order valence-corrected chi connectivity index (χ3v) is 1.98. The summed E-state index contributed by atoms with van der Waals surface area (Å²) in [6, 6.07) is 0. The van der Waals surface area contributed by atoms with E-state index >= 15 is 0 Å². The van der Waals surface area contributed by atoms with Crippen molar-refractivity contribution < 1.29 is 9.84 Å². The quantitative estimate of drug-likeness (QED) is 0.754. The molecule has 1 atom stereocenters. The second-order valence-electron chi connectivity index (χ2n) is 2.89. The zero-order valence-electron chi connectivity index (χ0n) is 8.08. The van der Waals surface area contributed by atoms with Gasteiger partial charge in [-0.1, -0.05) is 0 Å². The lowest BCUT2D eigenvalue weighted by Crippen LogP contribution is -2.05. The Morgan fingerprint density at radius 3 is 2.87 bits per heavy atom. The van der Waals surface area contributed by atoms with Crippen LogP contribution in [0.4, 0.5) is 0 Å². The first-order valence-corrected chi connectivity index (χ1v) is 4.34. The van der Waals surface area contributed by atoms with Crippen molar-refractivity contribution in [3.63, 3.8) is 0 Å². The first kappa shape index (κ1) is 9.60. The number of ether oxygens (including phenoxy) is 1. The fourth-order valence-electron chi connectivity index (χ4n) is 1.25. The molecule has 0 spiro atoms. The molecule has 2 aromatic rings. The van der Waals surface area contributed by atoms with Crippen molar-refractivity contribution in [2.75, 3.05) is 7.11 Å². The minimum Gasteiger partial charge on any atom is -0.480 e. The molecule has 2 heterocycles. The molecule has 0 fully saturated rings. The van der Waals surface area contributed by atoms with E-state index in [-0.39, 0.29) is 0 Å². The number of hydrogen-bond acceptors (Lipinski definition) is 5. The summed E-state index contributed by atoms with van der Waals surface area (Å²) < 4.78 is 5.00. The maximum atomic E-state index is 9.95. The summed E-state index contributed by atoms with van der Waals surface area (Å²) in [6.45, 7) is 0. The average Bonchev–Trinajstić information content (AvgIpc) is 2.81. The zero-order valence-corrected chi connectivity index (χ0v) is 8.08. The number of aliphatic hydroxyl groups is 1. The number of aromatic nitrogens is 4. The lowest BCUT2D eigenvalue weighted by Gasteiger charge is -2.10. The summed E-state index contributed by atoms with van der Waals surface area (Å²) in [4.78, 5) is 7.98. The fraction of sp³-hybridized carbons (Fsp3) is 0.222. The van der Waals surface area contributed by atoms with Gasteiger partial charge in [-0.25, -0.2) is 4.98 Å². The van der Waals surface area contributed by atoms with Crippen LogP contribution in [0.25, 0.3) is 0 Å². The minimum atomic E-state index is -0.882. The molecule has 6 heteroatoms. The standard InChI is InChI=1S/C9H10N4O2/c1-15-9-7(10-2-3-11-9)8(14)6-4-12-13-5-6/h2-5,8,14H,1H3,(H,12,13). The molecular weight excluding hydrogens is 196 g/mol. The molecule has 6 nitrogen and oxygen atoms in total. The second-order valence-corrected chi connectivity index (χ2v) is 2.89. The number of methoxy groups -OCH3 is 1. The fourth-order valence-corrected chi connectivity index (χ4v) is 1.25. The Kier molecular flexibility index (Phi) is 2.59. The van der Waals surface area contributed by atoms with E-state index in [9.17, 15) is 5.11 Å². The number of rotatable bonds is 3. The van der Waals surface area contributed by atoms with Crippen LogP contribution in [0.2, 0.25) is 0 Å². The summed E-state index contributed by atoms with van der Waals surface area (Å²) in [5.74, 6) is 0.311. The first-order valence-electron chi connectivity index (χ1n) is 4.34. The molecule has 0 aliphatic carbocycles. The lowest BCUT2D eigenvalue weighted by molar-refractivity contribution is 0.207. The molecule has 0 saturated heterocycles. The van der Waals surface area contributed by atoms with Crippen LogP contribution in [0, 0.1) is 0 Å². The number of nitrogens with zero attached hydrogens (tertiary/aromatic N) is 3.